The summed E-state index contributed by atoms with van der Waals surface area (Å²) in [5.41, 5.74) is -0.0523. The number of rotatable bonds is 2. The normalized spacial score (nSPS) is 23.6. The number of halogens is 2. The third kappa shape index (κ3) is 2.46. The third-order valence-electron chi connectivity index (χ3n) is 1.52. The highest BCUT2D eigenvalue weighted by atomic mass is 79.9. The molecule has 65 valence electrons. The first kappa shape index (κ1) is 10.1. The standard InChI is InChI=1S/C5H8Br2O3P/c6-1-5(2-7)3-9-11(8)10-4-5/h1-4H2. The quantitative estimate of drug-likeness (QED) is 0.581. The van der Waals surface area contributed by atoms with Crippen molar-refractivity contribution in [2.45, 2.75) is 0 Å². The second kappa shape index (κ2) is 4.28. The average molecular weight is 307 g/mol. The van der Waals surface area contributed by atoms with Crippen molar-refractivity contribution < 1.29 is 13.6 Å². The molecule has 1 fully saturated rings. The Morgan fingerprint density at radius 1 is 1.27 bits per heavy atom. The largest absolute Gasteiger partial charge is 0.368 e. The molecule has 0 saturated carbocycles. The Morgan fingerprint density at radius 2 is 1.73 bits per heavy atom. The van der Waals surface area contributed by atoms with E-state index in [-0.39, 0.29) is 5.41 Å². The lowest BCUT2D eigenvalue weighted by Gasteiger charge is -2.31. The van der Waals surface area contributed by atoms with Crippen LogP contribution in [-0.4, -0.2) is 23.9 Å². The molecule has 1 rings (SSSR count). The summed E-state index contributed by atoms with van der Waals surface area (Å²) in [5, 5.41) is 1.57. The fraction of sp³-hybridized carbons (Fsp3) is 1.00. The lowest BCUT2D eigenvalue weighted by molar-refractivity contribution is 0.0617. The molecule has 0 aromatic carbocycles. The number of alkyl halides is 2. The first-order chi connectivity index (χ1) is 5.22. The van der Waals surface area contributed by atoms with Crippen LogP contribution in [0.3, 0.4) is 0 Å². The lowest BCUT2D eigenvalue weighted by atomic mass is 9.96. The van der Waals surface area contributed by atoms with Crippen LogP contribution in [-0.2, 0) is 13.6 Å². The van der Waals surface area contributed by atoms with E-state index in [2.05, 4.69) is 31.9 Å². The van der Waals surface area contributed by atoms with Crippen LogP contribution < -0.4 is 0 Å². The highest BCUT2D eigenvalue weighted by Gasteiger charge is 2.34. The molecule has 6 heteroatoms. The van der Waals surface area contributed by atoms with Crippen LogP contribution >= 0.6 is 40.1 Å². The van der Waals surface area contributed by atoms with Crippen molar-refractivity contribution in [3.05, 3.63) is 0 Å². The van der Waals surface area contributed by atoms with Gasteiger partial charge in [-0.3, -0.25) is 9.05 Å². The van der Waals surface area contributed by atoms with E-state index in [0.29, 0.717) is 13.2 Å². The Labute approximate surface area is 83.0 Å². The van der Waals surface area contributed by atoms with Crippen molar-refractivity contribution in [2.75, 3.05) is 23.9 Å². The molecule has 11 heavy (non-hydrogen) atoms. The first-order valence-electron chi connectivity index (χ1n) is 3.07. The Bertz CT molecular complexity index is 148. The molecule has 0 N–H and O–H groups in total. The van der Waals surface area contributed by atoms with Gasteiger partial charge in [-0.2, -0.15) is 0 Å². The molecule has 3 nitrogen and oxygen atoms in total. The second-order valence-corrected chi connectivity index (χ2v) is 4.62. The highest BCUT2D eigenvalue weighted by Crippen LogP contribution is 2.38. The van der Waals surface area contributed by atoms with E-state index >= 15 is 0 Å². The summed E-state index contributed by atoms with van der Waals surface area (Å²) >= 11 is 6.73. The smallest absolute Gasteiger partial charge is 0.282 e. The zero-order valence-electron chi connectivity index (χ0n) is 5.76. The maximum atomic E-state index is 10.7. The SMILES string of the molecule is O=[P]1OCC(CBr)(CBr)CO1. The van der Waals surface area contributed by atoms with Crippen molar-refractivity contribution in [3.8, 4) is 0 Å². The molecule has 0 atom stereocenters. The minimum Gasteiger partial charge on any atom is -0.282 e. The van der Waals surface area contributed by atoms with E-state index < -0.39 is 8.25 Å². The van der Waals surface area contributed by atoms with Gasteiger partial charge in [-0.25, -0.2) is 4.57 Å². The molecule has 0 bridgehead atoms. The molecule has 0 amide bonds. The lowest BCUT2D eigenvalue weighted by Crippen LogP contribution is -2.37. The molecule has 0 aromatic heterocycles. The molecule has 1 radical (unpaired) electrons. The summed E-state index contributed by atoms with van der Waals surface area (Å²) < 4.78 is 20.5. The van der Waals surface area contributed by atoms with Gasteiger partial charge >= 0.3 is 8.25 Å². The summed E-state index contributed by atoms with van der Waals surface area (Å²) in [5.74, 6) is 0. The summed E-state index contributed by atoms with van der Waals surface area (Å²) in [6, 6.07) is 0. The van der Waals surface area contributed by atoms with Gasteiger partial charge in [0.1, 0.15) is 0 Å². The van der Waals surface area contributed by atoms with Gasteiger partial charge in [0.2, 0.25) is 0 Å². The molecule has 0 spiro atoms. The summed E-state index contributed by atoms with van der Waals surface area (Å²) in [6.07, 6.45) is 0. The van der Waals surface area contributed by atoms with Gasteiger partial charge in [-0.1, -0.05) is 31.9 Å². The van der Waals surface area contributed by atoms with Crippen LogP contribution in [0.4, 0.5) is 0 Å². The minimum absolute atomic E-state index is 0.0523. The van der Waals surface area contributed by atoms with Gasteiger partial charge in [0.25, 0.3) is 0 Å². The predicted molar refractivity (Wildman–Crippen MR) is 49.5 cm³/mol. The van der Waals surface area contributed by atoms with Crippen LogP contribution in [0.25, 0.3) is 0 Å². The number of hydrogen-bond donors (Lipinski definition) is 0. The molecule has 0 aliphatic carbocycles. The zero-order valence-corrected chi connectivity index (χ0v) is 9.82. The van der Waals surface area contributed by atoms with E-state index in [0.717, 1.165) is 10.7 Å². The van der Waals surface area contributed by atoms with Gasteiger partial charge in [-0.15, -0.1) is 0 Å². The van der Waals surface area contributed by atoms with E-state index in [4.69, 9.17) is 9.05 Å². The third-order valence-corrected chi connectivity index (χ3v) is 4.58. The monoisotopic (exact) mass is 305 g/mol. The molecule has 0 unspecified atom stereocenters. The van der Waals surface area contributed by atoms with Gasteiger partial charge in [0, 0.05) is 16.1 Å². The van der Waals surface area contributed by atoms with Crippen LogP contribution in [0.2, 0.25) is 0 Å². The molecular weight excluding hydrogens is 299 g/mol. The Hall–Kier alpha value is 0.980. The maximum Gasteiger partial charge on any atom is 0.368 e. The van der Waals surface area contributed by atoms with Gasteiger partial charge in [-0.05, 0) is 0 Å². The first-order valence-corrected chi connectivity index (χ1v) is 6.41. The fourth-order valence-electron chi connectivity index (χ4n) is 0.648. The summed E-state index contributed by atoms with van der Waals surface area (Å²) in [7, 11) is -1.85. The second-order valence-electron chi connectivity index (χ2n) is 2.54. The topological polar surface area (TPSA) is 35.5 Å². The summed E-state index contributed by atoms with van der Waals surface area (Å²) in [6.45, 7) is 0.970. The maximum absolute atomic E-state index is 10.7. The molecular formula is C5H8Br2O3P. The van der Waals surface area contributed by atoms with Crippen LogP contribution in [0.5, 0.6) is 0 Å². The Morgan fingerprint density at radius 3 is 2.09 bits per heavy atom. The summed E-state index contributed by atoms with van der Waals surface area (Å²) in [4.78, 5) is 0. The van der Waals surface area contributed by atoms with Crippen molar-refractivity contribution in [3.63, 3.8) is 0 Å². The van der Waals surface area contributed by atoms with Crippen LogP contribution in [0, 0.1) is 5.41 Å². The van der Waals surface area contributed by atoms with Crippen LogP contribution in [0.15, 0.2) is 0 Å². The Balaban J connectivity index is 2.52. The molecule has 1 heterocycles. The van der Waals surface area contributed by atoms with Crippen molar-refractivity contribution in [1.82, 2.24) is 0 Å². The molecule has 1 aliphatic heterocycles. The molecule has 0 aromatic rings. The van der Waals surface area contributed by atoms with Crippen LogP contribution in [0.1, 0.15) is 0 Å². The van der Waals surface area contributed by atoms with E-state index in [1.54, 1.807) is 0 Å². The molecule has 1 saturated heterocycles. The molecule has 1 aliphatic rings. The van der Waals surface area contributed by atoms with Crippen molar-refractivity contribution in [1.29, 1.82) is 0 Å². The van der Waals surface area contributed by atoms with Gasteiger partial charge in [0.05, 0.1) is 13.2 Å². The van der Waals surface area contributed by atoms with E-state index in [9.17, 15) is 4.57 Å². The van der Waals surface area contributed by atoms with Gasteiger partial charge in [0.15, 0.2) is 0 Å². The zero-order chi connectivity index (χ0) is 8.32. The minimum atomic E-state index is -1.85. The Kier molecular flexibility index (Phi) is 3.92. The van der Waals surface area contributed by atoms with Crippen molar-refractivity contribution >= 4 is 40.1 Å². The number of hydrogen-bond acceptors (Lipinski definition) is 3. The van der Waals surface area contributed by atoms with E-state index in [1.807, 2.05) is 0 Å². The van der Waals surface area contributed by atoms with Gasteiger partial charge < -0.3 is 0 Å². The highest BCUT2D eigenvalue weighted by molar-refractivity contribution is 9.09. The average Bonchev–Trinajstić information content (AvgIpc) is 2.07. The predicted octanol–water partition coefficient (Wildman–Crippen LogP) is 2.47. The fourth-order valence-corrected chi connectivity index (χ4v) is 3.06. The van der Waals surface area contributed by atoms with E-state index in [1.165, 1.54) is 0 Å². The van der Waals surface area contributed by atoms with Crippen molar-refractivity contribution in [2.24, 2.45) is 5.41 Å².